The summed E-state index contributed by atoms with van der Waals surface area (Å²) < 4.78 is 40.1. The monoisotopic (exact) mass is 476 g/mol. The van der Waals surface area contributed by atoms with Gasteiger partial charge < -0.3 is 15.1 Å². The van der Waals surface area contributed by atoms with Gasteiger partial charge in [0.15, 0.2) is 0 Å². The van der Waals surface area contributed by atoms with Crippen LogP contribution < -0.4 is 10.2 Å². The van der Waals surface area contributed by atoms with Crippen LogP contribution >= 0.6 is 0 Å². The molecule has 2 heterocycles. The summed E-state index contributed by atoms with van der Waals surface area (Å²) in [5.74, 6) is 0.286. The minimum absolute atomic E-state index is 0.0132. The van der Waals surface area contributed by atoms with Crippen LogP contribution in [0.4, 0.5) is 18.9 Å². The molecular formula is C25H31F3N4O2. The van der Waals surface area contributed by atoms with E-state index in [4.69, 9.17) is 5.26 Å². The van der Waals surface area contributed by atoms with E-state index in [9.17, 15) is 22.8 Å². The number of hydrogen-bond donors (Lipinski definition) is 1. The summed E-state index contributed by atoms with van der Waals surface area (Å²) in [6.45, 7) is 4.60. The first kappa shape index (κ1) is 24.4. The smallest absolute Gasteiger partial charge is 0.372 e. The van der Waals surface area contributed by atoms with Gasteiger partial charge in [-0.25, -0.2) is 0 Å². The van der Waals surface area contributed by atoms with Crippen molar-refractivity contribution >= 4 is 17.5 Å². The molecule has 1 N–H and O–H groups in total. The first-order chi connectivity index (χ1) is 16.2. The van der Waals surface area contributed by atoms with Crippen LogP contribution in [0.1, 0.15) is 50.2 Å². The van der Waals surface area contributed by atoms with E-state index in [2.05, 4.69) is 5.32 Å². The first-order valence-electron chi connectivity index (χ1n) is 12.2. The number of amides is 2. The van der Waals surface area contributed by atoms with Crippen molar-refractivity contribution in [3.05, 3.63) is 29.3 Å². The number of carbonyl (C=O) groups excluding carboxylic acids is 2. The number of carbonyl (C=O) groups is 2. The maximum Gasteiger partial charge on any atom is 0.417 e. The molecule has 0 unspecified atom stereocenters. The molecule has 2 saturated heterocycles. The molecule has 9 heteroatoms. The van der Waals surface area contributed by atoms with Gasteiger partial charge in [0.1, 0.15) is 0 Å². The van der Waals surface area contributed by atoms with Crippen molar-refractivity contribution in [1.82, 2.24) is 10.2 Å². The zero-order valence-corrected chi connectivity index (χ0v) is 19.4. The Balaban J connectivity index is 1.45. The van der Waals surface area contributed by atoms with Gasteiger partial charge >= 0.3 is 6.18 Å². The fraction of sp³-hybridized carbons (Fsp3) is 0.640. The molecule has 34 heavy (non-hydrogen) atoms. The van der Waals surface area contributed by atoms with E-state index in [1.54, 1.807) is 12.1 Å². The van der Waals surface area contributed by atoms with Gasteiger partial charge in [-0.2, -0.15) is 18.4 Å². The van der Waals surface area contributed by atoms with E-state index >= 15 is 0 Å². The predicted octanol–water partition coefficient (Wildman–Crippen LogP) is 3.80. The van der Waals surface area contributed by atoms with Crippen molar-refractivity contribution in [3.63, 3.8) is 0 Å². The zero-order chi connectivity index (χ0) is 24.5. The molecule has 1 aromatic carbocycles. The van der Waals surface area contributed by atoms with Crippen LogP contribution in [0, 0.1) is 35.0 Å². The topological polar surface area (TPSA) is 76.4 Å². The average Bonchev–Trinajstić information content (AvgIpc) is 3.23. The van der Waals surface area contributed by atoms with Crippen LogP contribution in [-0.4, -0.2) is 49.4 Å². The third-order valence-corrected chi connectivity index (χ3v) is 7.76. The highest BCUT2D eigenvalue weighted by molar-refractivity contribution is 5.84. The van der Waals surface area contributed by atoms with Crippen molar-refractivity contribution < 1.29 is 22.8 Å². The van der Waals surface area contributed by atoms with Crippen molar-refractivity contribution in [2.75, 3.05) is 37.6 Å². The number of anilines is 1. The number of nitriles is 1. The molecule has 2 amide bonds. The van der Waals surface area contributed by atoms with Crippen LogP contribution in [0.2, 0.25) is 0 Å². The van der Waals surface area contributed by atoms with Gasteiger partial charge in [0, 0.05) is 44.3 Å². The number of nitrogens with one attached hydrogen (secondary N) is 1. The van der Waals surface area contributed by atoms with Gasteiger partial charge in [-0.15, -0.1) is 0 Å². The highest BCUT2D eigenvalue weighted by atomic mass is 19.4. The van der Waals surface area contributed by atoms with Gasteiger partial charge in [-0.1, -0.05) is 6.42 Å². The van der Waals surface area contributed by atoms with Crippen LogP contribution in [0.15, 0.2) is 18.2 Å². The lowest BCUT2D eigenvalue weighted by Gasteiger charge is -2.37. The van der Waals surface area contributed by atoms with Crippen LogP contribution in [-0.2, 0) is 15.8 Å². The highest BCUT2D eigenvalue weighted by Gasteiger charge is 2.45. The number of alkyl halides is 3. The Morgan fingerprint density at radius 2 is 1.85 bits per heavy atom. The summed E-state index contributed by atoms with van der Waals surface area (Å²) in [7, 11) is 0. The number of rotatable bonds is 5. The average molecular weight is 477 g/mol. The van der Waals surface area contributed by atoms with Crippen molar-refractivity contribution in [2.45, 2.75) is 45.2 Å². The third-order valence-electron chi connectivity index (χ3n) is 7.76. The Morgan fingerprint density at radius 3 is 2.41 bits per heavy atom. The second-order valence-corrected chi connectivity index (χ2v) is 9.70. The summed E-state index contributed by atoms with van der Waals surface area (Å²) in [6, 6.07) is 5.49. The van der Waals surface area contributed by atoms with Crippen molar-refractivity contribution in [3.8, 4) is 6.07 Å². The van der Waals surface area contributed by atoms with E-state index in [1.165, 1.54) is 6.07 Å². The molecular weight excluding hydrogens is 445 g/mol. The quantitative estimate of drug-likeness (QED) is 0.701. The Morgan fingerprint density at radius 1 is 1.15 bits per heavy atom. The maximum absolute atomic E-state index is 13.4. The van der Waals surface area contributed by atoms with Gasteiger partial charge in [-0.3, -0.25) is 9.59 Å². The summed E-state index contributed by atoms with van der Waals surface area (Å²) in [5.41, 5.74) is -0.830. The summed E-state index contributed by atoms with van der Waals surface area (Å²) in [6.07, 6.45) is -0.166. The fourth-order valence-electron chi connectivity index (χ4n) is 5.63. The number of benzene rings is 1. The van der Waals surface area contributed by atoms with E-state index in [-0.39, 0.29) is 41.0 Å². The molecule has 1 aliphatic carbocycles. The molecule has 0 bridgehead atoms. The molecule has 4 rings (SSSR count). The lowest BCUT2D eigenvalue weighted by Crippen LogP contribution is -2.41. The molecule has 3 aliphatic rings. The van der Waals surface area contributed by atoms with Gasteiger partial charge in [-0.05, 0) is 62.6 Å². The molecule has 0 radical (unpaired) electrons. The molecule has 184 valence electrons. The summed E-state index contributed by atoms with van der Waals surface area (Å²) in [4.78, 5) is 29.4. The fourth-order valence-corrected chi connectivity index (χ4v) is 5.63. The number of hydrogen-bond acceptors (Lipinski definition) is 4. The second kappa shape index (κ2) is 9.85. The Kier molecular flexibility index (Phi) is 7.06. The molecule has 6 nitrogen and oxygen atoms in total. The number of halogens is 3. The van der Waals surface area contributed by atoms with E-state index in [0.29, 0.717) is 38.4 Å². The van der Waals surface area contributed by atoms with Crippen molar-refractivity contribution in [1.29, 1.82) is 5.26 Å². The van der Waals surface area contributed by atoms with Crippen molar-refractivity contribution in [2.24, 2.45) is 23.7 Å². The van der Waals surface area contributed by atoms with E-state index < -0.39 is 11.7 Å². The molecule has 0 spiro atoms. The van der Waals surface area contributed by atoms with Gasteiger partial charge in [0.05, 0.1) is 23.1 Å². The predicted molar refractivity (Wildman–Crippen MR) is 121 cm³/mol. The molecule has 2 aliphatic heterocycles. The minimum Gasteiger partial charge on any atom is -0.372 e. The molecule has 2 atom stereocenters. The number of likely N-dealkylation sites (tertiary alicyclic amines) is 1. The number of piperidine rings is 1. The zero-order valence-electron chi connectivity index (χ0n) is 19.4. The summed E-state index contributed by atoms with van der Waals surface area (Å²) >= 11 is 0. The Hall–Kier alpha value is -2.76. The lowest BCUT2D eigenvalue weighted by molar-refractivity contribution is -0.138. The molecule has 3 fully saturated rings. The van der Waals surface area contributed by atoms with Gasteiger partial charge in [0.2, 0.25) is 11.8 Å². The second-order valence-electron chi connectivity index (χ2n) is 9.70. The maximum atomic E-state index is 13.4. The standard InChI is InChI=1S/C25H31F3N4O2/c1-2-30-23(33)21-15-32(24(34)17-4-3-5-17)14-20(21)16-8-10-31(11-9-16)19-7-6-18(13-29)22(12-19)25(26,27)28/h6-7,12,16-17,20-21H,2-5,8-11,14-15H2,1H3,(H,30,33)/t20-,21+/m0/s1. The molecule has 1 aromatic rings. The normalized spacial score (nSPS) is 24.0. The van der Waals surface area contributed by atoms with Crippen LogP contribution in [0.25, 0.3) is 0 Å². The summed E-state index contributed by atoms with van der Waals surface area (Å²) in [5, 5.41) is 12.0. The minimum atomic E-state index is -4.58. The lowest BCUT2D eigenvalue weighted by atomic mass is 9.78. The van der Waals surface area contributed by atoms with Gasteiger partial charge in [0.25, 0.3) is 0 Å². The largest absolute Gasteiger partial charge is 0.417 e. The highest BCUT2D eigenvalue weighted by Crippen LogP contribution is 2.40. The third kappa shape index (κ3) is 4.86. The molecule has 1 saturated carbocycles. The molecule has 0 aromatic heterocycles. The number of nitrogens with zero attached hydrogens (tertiary/aromatic N) is 3. The van der Waals surface area contributed by atoms with Crippen LogP contribution in [0.3, 0.4) is 0 Å². The first-order valence-corrected chi connectivity index (χ1v) is 12.2. The Bertz CT molecular complexity index is 962. The van der Waals surface area contributed by atoms with E-state index in [1.807, 2.05) is 16.7 Å². The van der Waals surface area contributed by atoms with Crippen LogP contribution in [0.5, 0.6) is 0 Å². The SMILES string of the molecule is CCNC(=O)[C@@H]1CN(C(=O)C2CCC2)C[C@H]1C1CCN(c2ccc(C#N)c(C(F)(F)F)c2)CC1. The van der Waals surface area contributed by atoms with E-state index in [0.717, 1.165) is 38.2 Å². The Labute approximate surface area is 198 Å².